The molecule has 0 aliphatic carbocycles. The fraction of sp³-hybridized carbons (Fsp3) is 0.400. The molecule has 27 heavy (non-hydrogen) atoms. The highest BCUT2D eigenvalue weighted by Crippen LogP contribution is 2.27. The number of aromatic nitrogens is 3. The van der Waals surface area contributed by atoms with Gasteiger partial charge in [0.15, 0.2) is 5.82 Å². The normalized spacial score (nSPS) is 12.3. The minimum absolute atomic E-state index is 0.129. The topological polar surface area (TPSA) is 98.2 Å². The molecule has 4 N–H and O–H groups in total. The van der Waals surface area contributed by atoms with Crippen molar-refractivity contribution in [1.82, 2.24) is 14.5 Å². The fourth-order valence-corrected chi connectivity index (χ4v) is 3.36. The van der Waals surface area contributed by atoms with Gasteiger partial charge in [-0.1, -0.05) is 31.5 Å². The highest BCUT2D eigenvalue weighted by Gasteiger charge is 2.16. The smallest absolute Gasteiger partial charge is 0.222 e. The first kappa shape index (κ1) is 19.0. The summed E-state index contributed by atoms with van der Waals surface area (Å²) in [6, 6.07) is 10.0. The van der Waals surface area contributed by atoms with E-state index in [2.05, 4.69) is 26.8 Å². The largest absolute Gasteiger partial charge is 0.496 e. The third-order valence-corrected chi connectivity index (χ3v) is 4.62. The van der Waals surface area contributed by atoms with E-state index in [1.807, 2.05) is 36.5 Å². The molecule has 2 aromatic heterocycles. The van der Waals surface area contributed by atoms with E-state index in [4.69, 9.17) is 10.5 Å². The van der Waals surface area contributed by atoms with Crippen molar-refractivity contribution in [2.45, 2.75) is 38.8 Å². The van der Waals surface area contributed by atoms with Crippen LogP contribution in [0.2, 0.25) is 0 Å². The van der Waals surface area contributed by atoms with Crippen LogP contribution in [0.3, 0.4) is 0 Å². The zero-order chi connectivity index (χ0) is 19.2. The van der Waals surface area contributed by atoms with E-state index in [1.54, 1.807) is 7.11 Å². The van der Waals surface area contributed by atoms with Gasteiger partial charge >= 0.3 is 0 Å². The molecule has 3 rings (SSSR count). The van der Waals surface area contributed by atoms with E-state index in [-0.39, 0.29) is 18.6 Å². The van der Waals surface area contributed by atoms with E-state index in [0.29, 0.717) is 18.8 Å². The van der Waals surface area contributed by atoms with Gasteiger partial charge in [0.2, 0.25) is 5.95 Å². The second-order valence-corrected chi connectivity index (χ2v) is 6.56. The number of nitrogens with zero attached hydrogens (tertiary/aromatic N) is 3. The van der Waals surface area contributed by atoms with E-state index >= 15 is 0 Å². The lowest BCUT2D eigenvalue weighted by molar-refractivity contribution is 0.276. The Morgan fingerprint density at radius 2 is 2.04 bits per heavy atom. The highest BCUT2D eigenvalue weighted by molar-refractivity contribution is 5.87. The van der Waals surface area contributed by atoms with Crippen molar-refractivity contribution in [2.75, 3.05) is 24.8 Å². The SMILES string of the molecule is CCCC(CCO)Nc1nc(N)nc2ccn(Cc3ccccc3OC)c12. The summed E-state index contributed by atoms with van der Waals surface area (Å²) in [5.41, 5.74) is 8.67. The number of nitrogens with two attached hydrogens (primary N) is 1. The van der Waals surface area contributed by atoms with Crippen molar-refractivity contribution < 1.29 is 9.84 Å². The Bertz CT molecular complexity index is 887. The molecular formula is C20H27N5O2. The van der Waals surface area contributed by atoms with Gasteiger partial charge in [-0.25, -0.2) is 4.98 Å². The summed E-state index contributed by atoms with van der Waals surface area (Å²) in [4.78, 5) is 8.81. The first-order valence-electron chi connectivity index (χ1n) is 9.27. The Hall–Kier alpha value is -2.80. The van der Waals surface area contributed by atoms with Gasteiger partial charge in [0, 0.05) is 24.4 Å². The maximum Gasteiger partial charge on any atom is 0.222 e. The zero-order valence-corrected chi connectivity index (χ0v) is 15.9. The summed E-state index contributed by atoms with van der Waals surface area (Å²) >= 11 is 0. The minimum atomic E-state index is 0.129. The van der Waals surface area contributed by atoms with Crippen LogP contribution in [0.25, 0.3) is 11.0 Å². The number of nitrogens with one attached hydrogen (secondary N) is 1. The Morgan fingerprint density at radius 3 is 2.78 bits per heavy atom. The molecule has 0 aliphatic rings. The summed E-state index contributed by atoms with van der Waals surface area (Å²) in [5, 5.41) is 12.8. The van der Waals surface area contributed by atoms with Crippen LogP contribution in [0, 0.1) is 0 Å². The molecule has 144 valence electrons. The molecule has 0 fully saturated rings. The maximum absolute atomic E-state index is 9.36. The third kappa shape index (κ3) is 4.31. The predicted molar refractivity (Wildman–Crippen MR) is 108 cm³/mol. The van der Waals surface area contributed by atoms with Gasteiger partial charge in [-0.05, 0) is 25.0 Å². The van der Waals surface area contributed by atoms with E-state index in [0.717, 1.165) is 35.2 Å². The van der Waals surface area contributed by atoms with Crippen molar-refractivity contribution in [3.8, 4) is 5.75 Å². The number of aliphatic hydroxyl groups is 1. The Labute approximate surface area is 159 Å². The molecule has 0 saturated heterocycles. The molecule has 1 aromatic carbocycles. The summed E-state index contributed by atoms with van der Waals surface area (Å²) < 4.78 is 7.57. The molecule has 2 heterocycles. The molecule has 0 bridgehead atoms. The van der Waals surface area contributed by atoms with Crippen LogP contribution in [0.4, 0.5) is 11.8 Å². The van der Waals surface area contributed by atoms with Crippen molar-refractivity contribution in [3.05, 3.63) is 42.1 Å². The molecule has 0 saturated carbocycles. The van der Waals surface area contributed by atoms with Crippen LogP contribution < -0.4 is 15.8 Å². The Balaban J connectivity index is 2.00. The lowest BCUT2D eigenvalue weighted by Gasteiger charge is -2.19. The number of aliphatic hydroxyl groups excluding tert-OH is 1. The summed E-state index contributed by atoms with van der Waals surface area (Å²) in [6.45, 7) is 2.89. The molecule has 0 spiro atoms. The zero-order valence-electron chi connectivity index (χ0n) is 15.9. The van der Waals surface area contributed by atoms with Gasteiger partial charge in [0.1, 0.15) is 11.3 Å². The van der Waals surface area contributed by atoms with Gasteiger partial charge < -0.3 is 25.5 Å². The number of fused-ring (bicyclic) bond motifs is 1. The molecular weight excluding hydrogens is 342 g/mol. The Kier molecular flexibility index (Phi) is 6.13. The van der Waals surface area contributed by atoms with Crippen molar-refractivity contribution in [2.24, 2.45) is 0 Å². The third-order valence-electron chi connectivity index (χ3n) is 4.62. The lowest BCUT2D eigenvalue weighted by Crippen LogP contribution is -2.22. The molecule has 7 nitrogen and oxygen atoms in total. The van der Waals surface area contributed by atoms with Crippen LogP contribution >= 0.6 is 0 Å². The average Bonchev–Trinajstić information content (AvgIpc) is 3.05. The van der Waals surface area contributed by atoms with Gasteiger partial charge in [-0.3, -0.25) is 0 Å². The number of hydrogen-bond acceptors (Lipinski definition) is 6. The van der Waals surface area contributed by atoms with Crippen molar-refractivity contribution >= 4 is 22.8 Å². The number of rotatable bonds is 9. The molecule has 0 aliphatic heterocycles. The summed E-state index contributed by atoms with van der Waals surface area (Å²) in [5.74, 6) is 1.78. The second-order valence-electron chi connectivity index (χ2n) is 6.56. The second kappa shape index (κ2) is 8.73. The van der Waals surface area contributed by atoms with E-state index in [9.17, 15) is 5.11 Å². The molecule has 1 atom stereocenters. The number of hydrogen-bond donors (Lipinski definition) is 3. The lowest BCUT2D eigenvalue weighted by atomic mass is 10.1. The number of benzene rings is 1. The van der Waals surface area contributed by atoms with Gasteiger partial charge in [0.25, 0.3) is 0 Å². The first-order valence-corrected chi connectivity index (χ1v) is 9.27. The van der Waals surface area contributed by atoms with Crippen molar-refractivity contribution in [3.63, 3.8) is 0 Å². The standard InChI is InChI=1S/C20H27N5O2/c1-3-6-15(10-12-26)22-19-18-16(23-20(21)24-19)9-11-25(18)13-14-7-4-5-8-17(14)27-2/h4-5,7-9,11,15,26H,3,6,10,12-13H2,1-2H3,(H3,21,22,23,24). The van der Waals surface area contributed by atoms with Crippen molar-refractivity contribution in [1.29, 1.82) is 0 Å². The number of para-hydroxylation sites is 1. The van der Waals surface area contributed by atoms with E-state index in [1.165, 1.54) is 0 Å². The van der Waals surface area contributed by atoms with Gasteiger partial charge in [-0.15, -0.1) is 0 Å². The van der Waals surface area contributed by atoms with Gasteiger partial charge in [-0.2, -0.15) is 4.98 Å². The van der Waals surface area contributed by atoms with E-state index < -0.39 is 0 Å². The van der Waals surface area contributed by atoms with Crippen LogP contribution in [0.1, 0.15) is 31.7 Å². The van der Waals surface area contributed by atoms with Crippen LogP contribution in [0.15, 0.2) is 36.5 Å². The minimum Gasteiger partial charge on any atom is -0.496 e. The maximum atomic E-state index is 9.36. The van der Waals surface area contributed by atoms with Crippen LogP contribution in [-0.4, -0.2) is 39.4 Å². The number of anilines is 2. The molecule has 0 amide bonds. The average molecular weight is 369 g/mol. The van der Waals surface area contributed by atoms with Crippen LogP contribution in [0.5, 0.6) is 5.75 Å². The predicted octanol–water partition coefficient (Wildman–Crippen LogP) is 3.03. The quantitative estimate of drug-likeness (QED) is 0.536. The number of methoxy groups -OCH3 is 1. The molecule has 1 unspecified atom stereocenters. The Morgan fingerprint density at radius 1 is 1.22 bits per heavy atom. The summed E-state index contributed by atoms with van der Waals surface area (Å²) in [6.07, 6.45) is 4.60. The highest BCUT2D eigenvalue weighted by atomic mass is 16.5. The monoisotopic (exact) mass is 369 g/mol. The first-order chi connectivity index (χ1) is 13.2. The fourth-order valence-electron chi connectivity index (χ4n) is 3.36. The molecule has 0 radical (unpaired) electrons. The number of nitrogen functional groups attached to an aromatic ring is 1. The summed E-state index contributed by atoms with van der Waals surface area (Å²) in [7, 11) is 1.67. The molecule has 7 heteroatoms. The van der Waals surface area contributed by atoms with Crippen LogP contribution in [-0.2, 0) is 6.54 Å². The number of ether oxygens (including phenoxy) is 1. The molecule has 3 aromatic rings. The van der Waals surface area contributed by atoms with Gasteiger partial charge in [0.05, 0.1) is 19.2 Å².